The van der Waals surface area contributed by atoms with Gasteiger partial charge in [0, 0.05) is 60.8 Å². The Kier molecular flexibility index (Phi) is 7.21. The van der Waals surface area contributed by atoms with E-state index in [2.05, 4.69) is 26.0 Å². The topological polar surface area (TPSA) is 29.5 Å². The van der Waals surface area contributed by atoms with E-state index in [1.165, 1.54) is 4.90 Å². The zero-order chi connectivity index (χ0) is 12.4. The van der Waals surface area contributed by atoms with Gasteiger partial charge in [-0.2, -0.15) is 0 Å². The van der Waals surface area contributed by atoms with Crippen LogP contribution in [-0.4, -0.2) is 22.8 Å². The number of aliphatic hydroxyl groups is 1. The van der Waals surface area contributed by atoms with Gasteiger partial charge in [0.25, 0.3) is 0 Å². The van der Waals surface area contributed by atoms with Crippen LogP contribution < -0.4 is 0 Å². The van der Waals surface area contributed by atoms with Gasteiger partial charge in [-0.1, -0.05) is 43.8 Å². The van der Waals surface area contributed by atoms with Crippen molar-refractivity contribution in [1.29, 1.82) is 0 Å². The second kappa shape index (κ2) is 7.64. The van der Waals surface area contributed by atoms with Gasteiger partial charge in [-0.15, -0.1) is 0 Å². The maximum Gasteiger partial charge on any atom is 0.113 e. The van der Waals surface area contributed by atoms with Crippen LogP contribution in [0.1, 0.15) is 20.8 Å². The Morgan fingerprint density at radius 3 is 2.28 bits per heavy atom. The maximum absolute atomic E-state index is 10.2. The van der Waals surface area contributed by atoms with Crippen LogP contribution in [0.4, 0.5) is 0 Å². The first-order valence-electron chi connectivity index (χ1n) is 6.15. The van der Waals surface area contributed by atoms with Crippen LogP contribution in [0.15, 0.2) is 35.2 Å². The molecule has 1 aromatic rings. The molecule has 1 radical (unpaired) electrons. The van der Waals surface area contributed by atoms with Crippen molar-refractivity contribution >= 4 is 11.8 Å². The standard InChI is InChI=1S/C14H20O2S.Ac/c1-9-11(3)16-14(10(2)13(9)15)17-12-7-5-4-6-8-12;/h4-11,13-15H,1-3H3;/t9-,10?,11?,13?,14-;/m0./s1. The average molecular weight is 479 g/mol. The molecule has 0 spiro atoms. The first-order chi connectivity index (χ1) is 8.09. The minimum absolute atomic E-state index is 0. The molecule has 1 heterocycles. The quantitative estimate of drug-likeness (QED) is 0.707. The Balaban J connectivity index is 0.00000162. The van der Waals surface area contributed by atoms with E-state index in [-0.39, 0.29) is 73.5 Å². The molecule has 0 aromatic heterocycles. The predicted octanol–water partition coefficient (Wildman–Crippen LogP) is 3.16. The van der Waals surface area contributed by atoms with E-state index >= 15 is 0 Å². The van der Waals surface area contributed by atoms with E-state index in [1.807, 2.05) is 25.1 Å². The number of hydrogen-bond donors (Lipinski definition) is 1. The molecule has 0 bridgehead atoms. The van der Waals surface area contributed by atoms with Crippen molar-refractivity contribution in [3.63, 3.8) is 0 Å². The molecule has 1 fully saturated rings. The van der Waals surface area contributed by atoms with E-state index in [4.69, 9.17) is 4.74 Å². The largest absolute Gasteiger partial charge is 0.392 e. The molecule has 3 unspecified atom stereocenters. The van der Waals surface area contributed by atoms with Gasteiger partial charge < -0.3 is 9.84 Å². The molecule has 5 atom stereocenters. The molecule has 1 aliphatic heterocycles. The SMILES string of the molecule is CC1O[C@@H](Sc2ccccc2)C(C)C(O)[C@H]1C.[Ac]. The zero-order valence-electron chi connectivity index (χ0n) is 11.1. The second-order valence-corrected chi connectivity index (χ2v) is 6.02. The van der Waals surface area contributed by atoms with Crippen molar-refractivity contribution in [3.8, 4) is 0 Å². The summed E-state index contributed by atoms with van der Waals surface area (Å²) in [5.74, 6) is 0.365. The molecule has 1 N–H and O–H groups in total. The molecule has 1 saturated heterocycles. The Bertz CT molecular complexity index is 360. The summed E-state index contributed by atoms with van der Waals surface area (Å²) in [7, 11) is 0. The molecule has 4 heteroatoms. The molecular weight excluding hydrogens is 459 g/mol. The molecule has 0 saturated carbocycles. The zero-order valence-corrected chi connectivity index (χ0v) is 16.7. The smallest absolute Gasteiger partial charge is 0.113 e. The number of aliphatic hydroxyl groups excluding tert-OH is 1. The van der Waals surface area contributed by atoms with E-state index < -0.39 is 0 Å². The van der Waals surface area contributed by atoms with Crippen molar-refractivity contribution in [2.75, 3.05) is 0 Å². The Hall–Kier alpha value is 0.932. The summed E-state index contributed by atoms with van der Waals surface area (Å²) in [6.45, 7) is 6.15. The van der Waals surface area contributed by atoms with Crippen molar-refractivity contribution < 1.29 is 53.9 Å². The number of hydrogen-bond acceptors (Lipinski definition) is 3. The first-order valence-corrected chi connectivity index (χ1v) is 7.03. The fraction of sp³-hybridized carbons (Fsp3) is 0.571. The summed E-state index contributed by atoms with van der Waals surface area (Å²) >= 11 is 1.70. The minimum Gasteiger partial charge on any atom is -0.392 e. The van der Waals surface area contributed by atoms with E-state index in [1.54, 1.807) is 11.8 Å². The number of ether oxygens (including phenoxy) is 1. The van der Waals surface area contributed by atoms with Crippen LogP contribution in [-0.2, 0) is 4.74 Å². The molecule has 18 heavy (non-hydrogen) atoms. The monoisotopic (exact) mass is 479 g/mol. The molecule has 2 nitrogen and oxygen atoms in total. The van der Waals surface area contributed by atoms with Crippen LogP contribution >= 0.6 is 11.8 Å². The third-order valence-corrected chi connectivity index (χ3v) is 4.91. The molecule has 1 aromatic carbocycles. The van der Waals surface area contributed by atoms with Gasteiger partial charge in [-0.05, 0) is 19.1 Å². The van der Waals surface area contributed by atoms with Gasteiger partial charge in [-0.25, -0.2) is 0 Å². The molecular formula is C14H20AcO2S. The third-order valence-electron chi connectivity index (χ3n) is 3.59. The van der Waals surface area contributed by atoms with Crippen molar-refractivity contribution in [2.24, 2.45) is 11.8 Å². The van der Waals surface area contributed by atoms with E-state index in [0.717, 1.165) is 0 Å². The normalized spacial score (nSPS) is 35.9. The number of thioether (sulfide) groups is 1. The molecule has 0 amide bonds. The summed E-state index contributed by atoms with van der Waals surface area (Å²) in [5.41, 5.74) is 0.0404. The number of rotatable bonds is 2. The maximum atomic E-state index is 10.2. The van der Waals surface area contributed by atoms with Gasteiger partial charge in [0.15, 0.2) is 0 Å². The predicted molar refractivity (Wildman–Crippen MR) is 71.0 cm³/mol. The number of benzene rings is 1. The first kappa shape index (κ1) is 17.0. The van der Waals surface area contributed by atoms with Gasteiger partial charge in [0.05, 0.1) is 12.2 Å². The third kappa shape index (κ3) is 3.96. The van der Waals surface area contributed by atoms with Crippen molar-refractivity contribution in [3.05, 3.63) is 30.3 Å². The van der Waals surface area contributed by atoms with Crippen LogP contribution in [0.5, 0.6) is 0 Å². The van der Waals surface area contributed by atoms with Crippen molar-refractivity contribution in [1.82, 2.24) is 0 Å². The molecule has 0 aliphatic carbocycles. The fourth-order valence-corrected chi connectivity index (χ4v) is 3.33. The summed E-state index contributed by atoms with van der Waals surface area (Å²) in [5, 5.41) is 10.2. The van der Waals surface area contributed by atoms with E-state index in [9.17, 15) is 5.11 Å². The van der Waals surface area contributed by atoms with Gasteiger partial charge >= 0.3 is 0 Å². The summed E-state index contributed by atoms with van der Waals surface area (Å²) in [6.07, 6.45) is -0.164. The van der Waals surface area contributed by atoms with Crippen LogP contribution in [0, 0.1) is 55.9 Å². The minimum atomic E-state index is -0.278. The van der Waals surface area contributed by atoms with Gasteiger partial charge in [0.1, 0.15) is 5.44 Å². The molecule has 2 rings (SSSR count). The van der Waals surface area contributed by atoms with E-state index in [0.29, 0.717) is 0 Å². The van der Waals surface area contributed by atoms with Crippen LogP contribution in [0.25, 0.3) is 0 Å². The summed E-state index contributed by atoms with van der Waals surface area (Å²) < 4.78 is 5.99. The Morgan fingerprint density at radius 1 is 1.06 bits per heavy atom. The van der Waals surface area contributed by atoms with Gasteiger partial charge in [0.2, 0.25) is 0 Å². The Labute approximate surface area is 149 Å². The van der Waals surface area contributed by atoms with Gasteiger partial charge in [-0.3, -0.25) is 0 Å². The van der Waals surface area contributed by atoms with Crippen molar-refractivity contribution in [2.45, 2.75) is 43.3 Å². The Morgan fingerprint density at radius 2 is 1.67 bits per heavy atom. The molecule has 97 valence electrons. The average Bonchev–Trinajstić information content (AvgIpc) is 2.35. The molecule has 1 aliphatic rings. The summed E-state index contributed by atoms with van der Waals surface area (Å²) in [6, 6.07) is 10.2. The second-order valence-electron chi connectivity index (χ2n) is 4.85. The summed E-state index contributed by atoms with van der Waals surface area (Å²) in [4.78, 5) is 1.19. The van der Waals surface area contributed by atoms with Crippen LogP contribution in [0.3, 0.4) is 0 Å². The van der Waals surface area contributed by atoms with Crippen LogP contribution in [0.2, 0.25) is 0 Å². The fourth-order valence-electron chi connectivity index (χ4n) is 2.15.